The van der Waals surface area contributed by atoms with E-state index in [1.807, 2.05) is 0 Å². The molecule has 0 spiro atoms. The van der Waals surface area contributed by atoms with E-state index in [0.717, 1.165) is 30.5 Å². The highest BCUT2D eigenvalue weighted by molar-refractivity contribution is 5.78. The summed E-state index contributed by atoms with van der Waals surface area (Å²) in [4.78, 5) is 16.4. The van der Waals surface area contributed by atoms with Gasteiger partial charge in [0.2, 0.25) is 11.8 Å². The number of hydrogen-bond donors (Lipinski definition) is 1. The Hall–Kier alpha value is -2.43. The van der Waals surface area contributed by atoms with Gasteiger partial charge in [0.05, 0.1) is 5.69 Å². The molecule has 1 heterocycles. The van der Waals surface area contributed by atoms with Crippen LogP contribution in [0.4, 0.5) is 4.39 Å². The van der Waals surface area contributed by atoms with Crippen LogP contribution in [0.15, 0.2) is 47.1 Å². The van der Waals surface area contributed by atoms with E-state index < -0.39 is 0 Å². The molecule has 1 aliphatic carbocycles. The second kappa shape index (κ2) is 7.22. The number of allylic oxidation sites excluding steroid dienone is 2. The molecule has 1 N–H and O–H groups in total. The van der Waals surface area contributed by atoms with Crippen LogP contribution >= 0.6 is 0 Å². The van der Waals surface area contributed by atoms with Crippen molar-refractivity contribution in [1.29, 1.82) is 0 Å². The lowest BCUT2D eigenvalue weighted by Gasteiger charge is -2.16. The first kappa shape index (κ1) is 15.5. The smallest absolute Gasteiger partial charge is 0.226 e. The van der Waals surface area contributed by atoms with E-state index >= 15 is 0 Å². The molecule has 0 saturated carbocycles. The molecule has 5 heteroatoms. The van der Waals surface area contributed by atoms with Crippen molar-refractivity contribution in [1.82, 2.24) is 10.3 Å². The summed E-state index contributed by atoms with van der Waals surface area (Å²) >= 11 is 0. The zero-order valence-corrected chi connectivity index (χ0v) is 12.8. The molecule has 0 saturated heterocycles. The fraction of sp³-hybridized carbons (Fsp3) is 0.333. The second-order valence-electron chi connectivity index (χ2n) is 5.67. The largest absolute Gasteiger partial charge is 0.444 e. The van der Waals surface area contributed by atoms with E-state index in [1.54, 1.807) is 18.4 Å². The number of amides is 1. The number of halogens is 1. The maximum atomic E-state index is 12.9. The third-order valence-electron chi connectivity index (χ3n) is 3.96. The van der Waals surface area contributed by atoms with Crippen LogP contribution < -0.4 is 5.32 Å². The van der Waals surface area contributed by atoms with Crippen molar-refractivity contribution in [3.05, 3.63) is 54.2 Å². The van der Waals surface area contributed by atoms with E-state index in [-0.39, 0.29) is 17.6 Å². The lowest BCUT2D eigenvalue weighted by molar-refractivity contribution is -0.125. The van der Waals surface area contributed by atoms with Crippen molar-refractivity contribution < 1.29 is 13.6 Å². The monoisotopic (exact) mass is 314 g/mol. The van der Waals surface area contributed by atoms with Crippen LogP contribution in [0.1, 0.15) is 25.0 Å². The molecule has 1 aromatic carbocycles. The Balaban J connectivity index is 1.50. The van der Waals surface area contributed by atoms with Crippen LogP contribution in [0.25, 0.3) is 11.5 Å². The highest BCUT2D eigenvalue weighted by Crippen LogP contribution is 2.20. The van der Waals surface area contributed by atoms with Gasteiger partial charge in [-0.1, -0.05) is 12.2 Å². The highest BCUT2D eigenvalue weighted by Gasteiger charge is 2.18. The predicted molar refractivity (Wildman–Crippen MR) is 85.1 cm³/mol. The third kappa shape index (κ3) is 4.06. The number of oxazole rings is 1. The van der Waals surface area contributed by atoms with Gasteiger partial charge in [-0.2, -0.15) is 0 Å². The Morgan fingerprint density at radius 2 is 2.13 bits per heavy atom. The molecule has 3 rings (SSSR count). The summed E-state index contributed by atoms with van der Waals surface area (Å²) in [6, 6.07) is 6.00. The lowest BCUT2D eigenvalue weighted by Crippen LogP contribution is -2.32. The molecular weight excluding hydrogens is 295 g/mol. The minimum atomic E-state index is -0.291. The van der Waals surface area contributed by atoms with E-state index in [0.29, 0.717) is 18.9 Å². The van der Waals surface area contributed by atoms with Crippen LogP contribution in [0.5, 0.6) is 0 Å². The number of nitrogens with one attached hydrogen (secondary N) is 1. The molecule has 1 aromatic heterocycles. The van der Waals surface area contributed by atoms with Gasteiger partial charge in [-0.15, -0.1) is 0 Å². The first-order valence-corrected chi connectivity index (χ1v) is 7.85. The first-order valence-electron chi connectivity index (χ1n) is 7.85. The number of rotatable bonds is 5. The Morgan fingerprint density at radius 1 is 1.30 bits per heavy atom. The molecule has 0 bridgehead atoms. The zero-order valence-electron chi connectivity index (χ0n) is 12.8. The standard InChI is InChI=1S/C18H19FN2O2/c19-15-8-6-14(7-9-15)18-21-16(12-23-18)10-11-20-17(22)13-4-2-1-3-5-13/h1-2,6-9,12-13H,3-5,10-11H2,(H,20,22). The SMILES string of the molecule is O=C(NCCc1coc(-c2ccc(F)cc2)n1)C1CC=CCC1. The molecule has 4 nitrogen and oxygen atoms in total. The Morgan fingerprint density at radius 3 is 2.87 bits per heavy atom. The quantitative estimate of drug-likeness (QED) is 0.859. The topological polar surface area (TPSA) is 55.1 Å². The average Bonchev–Trinajstić information content (AvgIpc) is 3.05. The predicted octanol–water partition coefficient (Wildman–Crippen LogP) is 3.50. The molecular formula is C18H19FN2O2. The van der Waals surface area contributed by atoms with Crippen LogP contribution in [0.3, 0.4) is 0 Å². The van der Waals surface area contributed by atoms with Crippen LogP contribution in [-0.2, 0) is 11.2 Å². The summed E-state index contributed by atoms with van der Waals surface area (Å²) < 4.78 is 18.3. The number of hydrogen-bond acceptors (Lipinski definition) is 3. The Labute approximate surface area is 134 Å². The zero-order chi connectivity index (χ0) is 16.1. The molecule has 1 atom stereocenters. The van der Waals surface area contributed by atoms with Crippen molar-refractivity contribution in [3.8, 4) is 11.5 Å². The van der Waals surface area contributed by atoms with Gasteiger partial charge in [0.1, 0.15) is 12.1 Å². The second-order valence-corrected chi connectivity index (χ2v) is 5.67. The van der Waals surface area contributed by atoms with Crippen LogP contribution in [0.2, 0.25) is 0 Å². The molecule has 2 aromatic rings. The fourth-order valence-electron chi connectivity index (χ4n) is 2.64. The van der Waals surface area contributed by atoms with Crippen LogP contribution in [0, 0.1) is 11.7 Å². The summed E-state index contributed by atoms with van der Waals surface area (Å²) in [5.41, 5.74) is 1.50. The summed E-state index contributed by atoms with van der Waals surface area (Å²) in [6.07, 6.45) is 9.09. The average molecular weight is 314 g/mol. The summed E-state index contributed by atoms with van der Waals surface area (Å²) in [5, 5.41) is 2.95. The molecule has 1 unspecified atom stereocenters. The van der Waals surface area contributed by atoms with Gasteiger partial charge in [-0.3, -0.25) is 4.79 Å². The summed E-state index contributed by atoms with van der Waals surface area (Å²) in [6.45, 7) is 0.536. The van der Waals surface area contributed by atoms with Crippen molar-refractivity contribution in [2.24, 2.45) is 5.92 Å². The number of nitrogens with zero attached hydrogens (tertiary/aromatic N) is 1. The molecule has 120 valence electrons. The van der Waals surface area contributed by atoms with Gasteiger partial charge in [-0.25, -0.2) is 9.37 Å². The maximum Gasteiger partial charge on any atom is 0.226 e. The number of carbonyl (C=O) groups is 1. The number of benzene rings is 1. The lowest BCUT2D eigenvalue weighted by atomic mass is 9.94. The van der Waals surface area contributed by atoms with Gasteiger partial charge in [0.15, 0.2) is 0 Å². The van der Waals surface area contributed by atoms with E-state index in [2.05, 4.69) is 22.5 Å². The first-order chi connectivity index (χ1) is 11.2. The van der Waals surface area contributed by atoms with Gasteiger partial charge < -0.3 is 9.73 Å². The highest BCUT2D eigenvalue weighted by atomic mass is 19.1. The number of carbonyl (C=O) groups excluding carboxylic acids is 1. The van der Waals surface area contributed by atoms with Crippen molar-refractivity contribution >= 4 is 5.91 Å². The molecule has 0 aliphatic heterocycles. The van der Waals surface area contributed by atoms with E-state index in [4.69, 9.17) is 4.42 Å². The Bertz CT molecular complexity index is 691. The molecule has 0 fully saturated rings. The molecule has 23 heavy (non-hydrogen) atoms. The van der Waals surface area contributed by atoms with Gasteiger partial charge in [0, 0.05) is 24.4 Å². The van der Waals surface area contributed by atoms with Crippen molar-refractivity contribution in [2.45, 2.75) is 25.7 Å². The number of aromatic nitrogens is 1. The van der Waals surface area contributed by atoms with Crippen molar-refractivity contribution in [2.75, 3.05) is 6.54 Å². The van der Waals surface area contributed by atoms with Gasteiger partial charge >= 0.3 is 0 Å². The fourth-order valence-corrected chi connectivity index (χ4v) is 2.64. The maximum absolute atomic E-state index is 12.9. The normalized spacial score (nSPS) is 17.2. The van der Waals surface area contributed by atoms with Crippen molar-refractivity contribution in [3.63, 3.8) is 0 Å². The van der Waals surface area contributed by atoms with Crippen LogP contribution in [-0.4, -0.2) is 17.4 Å². The minimum absolute atomic E-state index is 0.0899. The molecule has 1 aliphatic rings. The third-order valence-corrected chi connectivity index (χ3v) is 3.96. The minimum Gasteiger partial charge on any atom is -0.444 e. The molecule has 0 radical (unpaired) electrons. The van der Waals surface area contributed by atoms with E-state index in [9.17, 15) is 9.18 Å². The van der Waals surface area contributed by atoms with Gasteiger partial charge in [0.25, 0.3) is 0 Å². The summed E-state index contributed by atoms with van der Waals surface area (Å²) in [5.74, 6) is 0.369. The van der Waals surface area contributed by atoms with Gasteiger partial charge in [-0.05, 0) is 43.5 Å². The van der Waals surface area contributed by atoms with E-state index in [1.165, 1.54) is 12.1 Å². The summed E-state index contributed by atoms with van der Waals surface area (Å²) in [7, 11) is 0. The molecule has 1 amide bonds. The Kier molecular flexibility index (Phi) is 4.86.